The number of carbonyl (C=O) groups excluding carboxylic acids is 1. The summed E-state index contributed by atoms with van der Waals surface area (Å²) in [6, 6.07) is -1.75. The normalized spacial score (nSPS) is 12.3. The van der Waals surface area contributed by atoms with E-state index in [0.29, 0.717) is 5.13 Å². The van der Waals surface area contributed by atoms with Crippen molar-refractivity contribution in [3.8, 4) is 12.3 Å². The van der Waals surface area contributed by atoms with Gasteiger partial charge in [0, 0.05) is 17.2 Å². The van der Waals surface area contributed by atoms with Gasteiger partial charge in [0.2, 0.25) is 0 Å². The number of carboxylic acid groups (broad SMARTS) is 1. The Balaban J connectivity index is 2.65. The highest BCUT2D eigenvalue weighted by Crippen LogP contribution is 2.26. The highest BCUT2D eigenvalue weighted by molar-refractivity contribution is 7.13. The Kier molecular flexibility index (Phi) is 5.11. The number of amides is 2. The van der Waals surface area contributed by atoms with Gasteiger partial charge in [0.05, 0.1) is 5.69 Å². The maximum atomic E-state index is 11.7. The molecule has 0 spiro atoms. The van der Waals surface area contributed by atoms with Gasteiger partial charge in [-0.15, -0.1) is 23.7 Å². The first-order valence-corrected chi connectivity index (χ1v) is 6.82. The molecule has 1 heterocycles. The zero-order chi connectivity index (χ0) is 15.3. The van der Waals surface area contributed by atoms with Crippen molar-refractivity contribution in [2.24, 2.45) is 0 Å². The zero-order valence-electron chi connectivity index (χ0n) is 11.6. The van der Waals surface area contributed by atoms with Crippen LogP contribution >= 0.6 is 11.3 Å². The number of rotatable bonds is 4. The van der Waals surface area contributed by atoms with Crippen LogP contribution in [0.5, 0.6) is 0 Å². The molecular formula is C13H17N3O3S. The van der Waals surface area contributed by atoms with Gasteiger partial charge < -0.3 is 10.4 Å². The van der Waals surface area contributed by atoms with Crippen molar-refractivity contribution in [1.29, 1.82) is 0 Å². The number of thiazole rings is 1. The second-order valence-electron chi connectivity index (χ2n) is 5.19. The summed E-state index contributed by atoms with van der Waals surface area (Å²) in [7, 11) is 0. The number of anilines is 1. The molecule has 1 atom stereocenters. The fraction of sp³-hybridized carbons (Fsp3) is 0.462. The second-order valence-corrected chi connectivity index (χ2v) is 6.04. The topological polar surface area (TPSA) is 91.3 Å². The summed E-state index contributed by atoms with van der Waals surface area (Å²) < 4.78 is 0. The Labute approximate surface area is 121 Å². The Hall–Kier alpha value is -2.07. The number of nitrogens with zero attached hydrogens (tertiary/aromatic N) is 1. The average Bonchev–Trinajstić information content (AvgIpc) is 2.76. The summed E-state index contributed by atoms with van der Waals surface area (Å²) in [4.78, 5) is 26.8. The number of nitrogens with one attached hydrogen (secondary N) is 2. The van der Waals surface area contributed by atoms with Crippen molar-refractivity contribution >= 4 is 28.5 Å². The molecule has 0 aromatic carbocycles. The standard InChI is InChI=1S/C13H17N3O3S/c1-5-6-8(10(17)18)14-11(19)16-12-15-9(7-20-12)13(2,3)4/h1,7-8H,6H2,2-4H3,(H,17,18)(H2,14,15,16,19). The molecule has 1 aromatic heterocycles. The molecule has 20 heavy (non-hydrogen) atoms. The molecule has 0 saturated heterocycles. The molecule has 1 rings (SSSR count). The molecule has 1 unspecified atom stereocenters. The van der Waals surface area contributed by atoms with Crippen LogP contribution in [0, 0.1) is 12.3 Å². The van der Waals surface area contributed by atoms with Crippen molar-refractivity contribution in [2.45, 2.75) is 38.6 Å². The van der Waals surface area contributed by atoms with E-state index >= 15 is 0 Å². The van der Waals surface area contributed by atoms with E-state index in [1.165, 1.54) is 11.3 Å². The number of terminal acetylenes is 1. The highest BCUT2D eigenvalue weighted by atomic mass is 32.1. The number of carboxylic acids is 1. The SMILES string of the molecule is C#CCC(NC(=O)Nc1nc(C(C)(C)C)cs1)C(=O)O. The van der Waals surface area contributed by atoms with Crippen LogP contribution in [0.25, 0.3) is 0 Å². The van der Waals surface area contributed by atoms with Crippen LogP contribution in [0.3, 0.4) is 0 Å². The predicted octanol–water partition coefficient (Wildman–Crippen LogP) is 2.04. The Morgan fingerprint density at radius 2 is 2.20 bits per heavy atom. The third-order valence-corrected chi connectivity index (χ3v) is 3.18. The van der Waals surface area contributed by atoms with E-state index < -0.39 is 18.0 Å². The predicted molar refractivity (Wildman–Crippen MR) is 77.8 cm³/mol. The lowest BCUT2D eigenvalue weighted by Gasteiger charge is -2.14. The van der Waals surface area contributed by atoms with Crippen molar-refractivity contribution in [2.75, 3.05) is 5.32 Å². The smallest absolute Gasteiger partial charge is 0.327 e. The molecule has 3 N–H and O–H groups in total. The second kappa shape index (κ2) is 6.39. The van der Waals surface area contributed by atoms with Crippen LogP contribution in [-0.2, 0) is 10.2 Å². The molecule has 0 saturated carbocycles. The van der Waals surface area contributed by atoms with E-state index in [2.05, 4.69) is 21.5 Å². The molecule has 2 amide bonds. The van der Waals surface area contributed by atoms with Gasteiger partial charge in [-0.05, 0) is 0 Å². The molecule has 108 valence electrons. The van der Waals surface area contributed by atoms with Crippen LogP contribution in [0.15, 0.2) is 5.38 Å². The molecule has 0 aliphatic heterocycles. The molecule has 0 aliphatic rings. The first-order valence-electron chi connectivity index (χ1n) is 5.94. The molecule has 0 radical (unpaired) electrons. The maximum absolute atomic E-state index is 11.7. The number of hydrogen-bond donors (Lipinski definition) is 3. The maximum Gasteiger partial charge on any atom is 0.327 e. The summed E-state index contributed by atoms with van der Waals surface area (Å²) >= 11 is 1.28. The van der Waals surface area contributed by atoms with E-state index in [-0.39, 0.29) is 11.8 Å². The van der Waals surface area contributed by atoms with Gasteiger partial charge in [-0.25, -0.2) is 14.6 Å². The summed E-state index contributed by atoms with van der Waals surface area (Å²) in [6.45, 7) is 6.04. The number of aliphatic carboxylic acids is 1. The van der Waals surface area contributed by atoms with E-state index in [1.54, 1.807) is 0 Å². The summed E-state index contributed by atoms with van der Waals surface area (Å²) in [5.41, 5.74) is 0.746. The quantitative estimate of drug-likeness (QED) is 0.741. The fourth-order valence-electron chi connectivity index (χ4n) is 1.29. The molecule has 0 fully saturated rings. The van der Waals surface area contributed by atoms with Crippen molar-refractivity contribution < 1.29 is 14.7 Å². The minimum absolute atomic E-state index is 0.0755. The van der Waals surface area contributed by atoms with Gasteiger partial charge in [0.15, 0.2) is 5.13 Å². The Morgan fingerprint density at radius 1 is 1.55 bits per heavy atom. The molecular weight excluding hydrogens is 278 g/mol. The van der Waals surface area contributed by atoms with Gasteiger partial charge in [0.25, 0.3) is 0 Å². The number of hydrogen-bond acceptors (Lipinski definition) is 4. The number of carbonyl (C=O) groups is 2. The molecule has 1 aromatic rings. The lowest BCUT2D eigenvalue weighted by Crippen LogP contribution is -2.42. The minimum Gasteiger partial charge on any atom is -0.480 e. The van der Waals surface area contributed by atoms with Crippen LogP contribution < -0.4 is 10.6 Å². The third-order valence-electron chi connectivity index (χ3n) is 2.42. The van der Waals surface area contributed by atoms with Crippen molar-refractivity contribution in [3.63, 3.8) is 0 Å². The summed E-state index contributed by atoms with van der Waals surface area (Å²) in [6.07, 6.45) is 4.98. The van der Waals surface area contributed by atoms with Crippen LogP contribution in [0.1, 0.15) is 32.9 Å². The van der Waals surface area contributed by atoms with Crippen LogP contribution in [0.2, 0.25) is 0 Å². The first-order chi connectivity index (χ1) is 9.24. The van der Waals surface area contributed by atoms with Crippen molar-refractivity contribution in [1.82, 2.24) is 10.3 Å². The van der Waals surface area contributed by atoms with Gasteiger partial charge in [-0.1, -0.05) is 20.8 Å². The number of urea groups is 1. The first kappa shape index (κ1) is 16.0. The van der Waals surface area contributed by atoms with E-state index in [4.69, 9.17) is 11.5 Å². The largest absolute Gasteiger partial charge is 0.480 e. The summed E-state index contributed by atoms with van der Waals surface area (Å²) in [5.74, 6) is 1.03. The van der Waals surface area contributed by atoms with E-state index in [1.807, 2.05) is 26.2 Å². The average molecular weight is 295 g/mol. The molecule has 0 aliphatic carbocycles. The monoisotopic (exact) mass is 295 g/mol. The van der Waals surface area contributed by atoms with Gasteiger partial charge >= 0.3 is 12.0 Å². The summed E-state index contributed by atoms with van der Waals surface area (Å²) in [5, 5.41) is 15.9. The van der Waals surface area contributed by atoms with Crippen LogP contribution in [0.4, 0.5) is 9.93 Å². The lowest BCUT2D eigenvalue weighted by molar-refractivity contribution is -0.139. The minimum atomic E-state index is -1.17. The third kappa shape index (κ3) is 4.55. The Morgan fingerprint density at radius 3 is 2.65 bits per heavy atom. The lowest BCUT2D eigenvalue weighted by atomic mass is 9.93. The van der Waals surface area contributed by atoms with Gasteiger partial charge in [-0.2, -0.15) is 0 Å². The molecule has 0 bridgehead atoms. The van der Waals surface area contributed by atoms with Crippen molar-refractivity contribution in [3.05, 3.63) is 11.1 Å². The zero-order valence-corrected chi connectivity index (χ0v) is 12.4. The highest BCUT2D eigenvalue weighted by Gasteiger charge is 2.21. The van der Waals surface area contributed by atoms with Crippen LogP contribution in [-0.4, -0.2) is 28.1 Å². The van der Waals surface area contributed by atoms with Gasteiger partial charge in [-0.3, -0.25) is 5.32 Å². The molecule has 7 heteroatoms. The fourth-order valence-corrected chi connectivity index (χ4v) is 2.22. The number of aromatic nitrogens is 1. The van der Waals surface area contributed by atoms with Gasteiger partial charge in [0.1, 0.15) is 6.04 Å². The van der Waals surface area contributed by atoms with E-state index in [0.717, 1.165) is 5.69 Å². The molecule has 6 nitrogen and oxygen atoms in total. The Bertz CT molecular complexity index is 540. The van der Waals surface area contributed by atoms with E-state index in [9.17, 15) is 9.59 Å².